The second kappa shape index (κ2) is 10.3. The topological polar surface area (TPSA) is 80.6 Å². The molecule has 1 N–H and O–H groups in total. The second-order valence-electron chi connectivity index (χ2n) is 8.55. The fourth-order valence-corrected chi connectivity index (χ4v) is 4.51. The fourth-order valence-electron chi connectivity index (χ4n) is 4.32. The summed E-state index contributed by atoms with van der Waals surface area (Å²) >= 11 is 6.19. The first-order valence-electron chi connectivity index (χ1n) is 11.9. The Hall–Kier alpha value is -4.36. The number of fused-ring (bicyclic) bond motifs is 1. The lowest BCUT2D eigenvalue weighted by atomic mass is 10.1. The molecule has 2 heterocycles. The molecule has 3 aromatic carbocycles. The molecule has 0 saturated carbocycles. The van der Waals surface area contributed by atoms with Crippen LogP contribution < -0.4 is 15.0 Å². The maximum absolute atomic E-state index is 13.3. The Kier molecular flexibility index (Phi) is 6.79. The maximum atomic E-state index is 13.3. The summed E-state index contributed by atoms with van der Waals surface area (Å²) in [4.78, 5) is 39.6. The van der Waals surface area contributed by atoms with Crippen LogP contribution in [0.1, 0.15) is 18.1 Å². The third-order valence-electron chi connectivity index (χ3n) is 6.25. The highest BCUT2D eigenvalue weighted by Gasteiger charge is 2.37. The number of carbonyl (C=O) groups is 3. The van der Waals surface area contributed by atoms with Gasteiger partial charge in [0.25, 0.3) is 11.8 Å². The predicted octanol–water partition coefficient (Wildman–Crippen LogP) is 5.60. The number of carbonyl (C=O) groups excluding carboxylic acids is 3. The van der Waals surface area contributed by atoms with Gasteiger partial charge in [0.1, 0.15) is 17.9 Å². The zero-order valence-corrected chi connectivity index (χ0v) is 20.9. The Morgan fingerprint density at radius 2 is 1.68 bits per heavy atom. The summed E-state index contributed by atoms with van der Waals surface area (Å²) in [5.74, 6) is -0.795. The molecule has 1 aliphatic heterocycles. The molecule has 0 bridgehead atoms. The lowest BCUT2D eigenvalue weighted by Gasteiger charge is -2.26. The SMILES string of the molecule is CCc1ccc(N2C(=O)NC(=O)C(=Cc3cn(CCOc4ccccc4Cl)c4ccccc34)C2=O)cc1. The number of aromatic nitrogens is 1. The monoisotopic (exact) mass is 513 g/mol. The number of benzene rings is 3. The average molecular weight is 514 g/mol. The van der Waals surface area contributed by atoms with Gasteiger partial charge >= 0.3 is 6.03 Å². The third-order valence-corrected chi connectivity index (χ3v) is 6.56. The van der Waals surface area contributed by atoms with Crippen molar-refractivity contribution in [1.82, 2.24) is 9.88 Å². The molecule has 0 spiro atoms. The zero-order chi connectivity index (χ0) is 25.9. The van der Waals surface area contributed by atoms with Crippen LogP contribution in [0.15, 0.2) is 84.6 Å². The molecule has 0 aliphatic carbocycles. The van der Waals surface area contributed by atoms with Gasteiger partial charge in [-0.1, -0.05) is 61.0 Å². The van der Waals surface area contributed by atoms with E-state index >= 15 is 0 Å². The Labute approximate surface area is 218 Å². The van der Waals surface area contributed by atoms with E-state index in [0.717, 1.165) is 27.8 Å². The summed E-state index contributed by atoms with van der Waals surface area (Å²) in [6.45, 7) is 2.91. The molecule has 186 valence electrons. The molecule has 1 aliphatic rings. The van der Waals surface area contributed by atoms with Crippen molar-refractivity contribution < 1.29 is 19.1 Å². The van der Waals surface area contributed by atoms with Crippen molar-refractivity contribution in [2.75, 3.05) is 11.5 Å². The number of ether oxygens (including phenoxy) is 1. The van der Waals surface area contributed by atoms with Crippen molar-refractivity contribution in [3.63, 3.8) is 0 Å². The van der Waals surface area contributed by atoms with Crippen LogP contribution in [0.25, 0.3) is 17.0 Å². The van der Waals surface area contributed by atoms with Crippen LogP contribution in [0.3, 0.4) is 0 Å². The van der Waals surface area contributed by atoms with Crippen LogP contribution in [0, 0.1) is 0 Å². The van der Waals surface area contributed by atoms with Gasteiger partial charge < -0.3 is 9.30 Å². The average Bonchev–Trinajstić information content (AvgIpc) is 3.25. The number of amides is 4. The predicted molar refractivity (Wildman–Crippen MR) is 144 cm³/mol. The van der Waals surface area contributed by atoms with Gasteiger partial charge in [-0.2, -0.15) is 0 Å². The first-order valence-corrected chi connectivity index (χ1v) is 12.3. The number of urea groups is 1. The van der Waals surface area contributed by atoms with E-state index in [0.29, 0.717) is 35.2 Å². The van der Waals surface area contributed by atoms with Crippen molar-refractivity contribution >= 4 is 52.1 Å². The summed E-state index contributed by atoms with van der Waals surface area (Å²) in [5, 5.41) is 3.69. The fraction of sp³-hybridized carbons (Fsp3) is 0.138. The first kappa shape index (κ1) is 24.3. The van der Waals surface area contributed by atoms with E-state index in [-0.39, 0.29) is 5.57 Å². The molecular weight excluding hydrogens is 490 g/mol. The lowest BCUT2D eigenvalue weighted by Crippen LogP contribution is -2.54. The minimum Gasteiger partial charge on any atom is -0.490 e. The molecule has 8 heteroatoms. The van der Waals surface area contributed by atoms with E-state index in [1.807, 2.05) is 72.3 Å². The zero-order valence-electron chi connectivity index (χ0n) is 20.1. The van der Waals surface area contributed by atoms with E-state index in [9.17, 15) is 14.4 Å². The normalized spacial score (nSPS) is 14.9. The van der Waals surface area contributed by atoms with Gasteiger partial charge in [0, 0.05) is 22.7 Å². The summed E-state index contributed by atoms with van der Waals surface area (Å²) in [5.41, 5.74) is 2.96. The highest BCUT2D eigenvalue weighted by molar-refractivity contribution is 6.39. The number of rotatable bonds is 7. The van der Waals surface area contributed by atoms with Crippen LogP contribution in [0.5, 0.6) is 5.75 Å². The van der Waals surface area contributed by atoms with Crippen LogP contribution in [0.4, 0.5) is 10.5 Å². The van der Waals surface area contributed by atoms with E-state index in [2.05, 4.69) is 5.32 Å². The number of aryl methyl sites for hydroxylation is 1. The number of nitrogens with one attached hydrogen (secondary N) is 1. The molecule has 0 atom stereocenters. The molecule has 4 amide bonds. The van der Waals surface area contributed by atoms with E-state index in [1.54, 1.807) is 18.2 Å². The first-order chi connectivity index (χ1) is 18.0. The largest absolute Gasteiger partial charge is 0.490 e. The van der Waals surface area contributed by atoms with E-state index < -0.39 is 17.8 Å². The van der Waals surface area contributed by atoms with Crippen molar-refractivity contribution in [2.24, 2.45) is 0 Å². The van der Waals surface area contributed by atoms with E-state index in [1.165, 1.54) is 6.08 Å². The molecule has 1 saturated heterocycles. The molecule has 1 fully saturated rings. The number of anilines is 1. The molecule has 0 radical (unpaired) electrons. The van der Waals surface area contributed by atoms with Gasteiger partial charge in [-0.05, 0) is 48.4 Å². The second-order valence-corrected chi connectivity index (χ2v) is 8.96. The Morgan fingerprint density at radius 3 is 2.43 bits per heavy atom. The van der Waals surface area contributed by atoms with Gasteiger partial charge in [0.15, 0.2) is 0 Å². The number of imide groups is 2. The van der Waals surface area contributed by atoms with Crippen LogP contribution in [-0.2, 0) is 22.6 Å². The molecule has 1 aromatic heterocycles. The van der Waals surface area contributed by atoms with Gasteiger partial charge in [-0.25, -0.2) is 9.69 Å². The summed E-state index contributed by atoms with van der Waals surface area (Å²) in [6, 6.07) is 21.3. The van der Waals surface area contributed by atoms with Gasteiger partial charge in [0.05, 0.1) is 17.3 Å². The van der Waals surface area contributed by atoms with Crippen LogP contribution >= 0.6 is 11.6 Å². The minimum atomic E-state index is -0.768. The highest BCUT2D eigenvalue weighted by atomic mass is 35.5. The van der Waals surface area contributed by atoms with Gasteiger partial charge in [0.2, 0.25) is 0 Å². The molecule has 4 aromatic rings. The number of nitrogens with zero attached hydrogens (tertiary/aromatic N) is 2. The van der Waals surface area contributed by atoms with Crippen molar-refractivity contribution in [3.05, 3.63) is 101 Å². The number of barbiturate groups is 1. The number of hydrogen-bond acceptors (Lipinski definition) is 4. The molecule has 0 unspecified atom stereocenters. The summed E-state index contributed by atoms with van der Waals surface area (Å²) < 4.78 is 7.84. The molecule has 5 rings (SSSR count). The van der Waals surface area contributed by atoms with Crippen molar-refractivity contribution in [3.8, 4) is 5.75 Å². The van der Waals surface area contributed by atoms with E-state index in [4.69, 9.17) is 16.3 Å². The standard InChI is InChI=1S/C29H24ClN3O4/c1-2-19-11-13-21(14-12-19)33-28(35)23(27(34)31-29(33)36)17-20-18-32(25-9-5-3-7-22(20)25)15-16-37-26-10-6-4-8-24(26)30/h3-14,17-18H,2,15-16H2,1H3,(H,31,34,36). The summed E-state index contributed by atoms with van der Waals surface area (Å²) in [7, 11) is 0. The van der Waals surface area contributed by atoms with Crippen LogP contribution in [-0.4, -0.2) is 29.0 Å². The molecule has 37 heavy (non-hydrogen) atoms. The van der Waals surface area contributed by atoms with Gasteiger partial charge in [-0.15, -0.1) is 0 Å². The molecule has 7 nitrogen and oxygen atoms in total. The number of halogens is 1. The van der Waals surface area contributed by atoms with Gasteiger partial charge in [-0.3, -0.25) is 14.9 Å². The van der Waals surface area contributed by atoms with Crippen molar-refractivity contribution in [1.29, 1.82) is 0 Å². The minimum absolute atomic E-state index is 0.116. The number of hydrogen-bond donors (Lipinski definition) is 1. The third kappa shape index (κ3) is 4.86. The quantitative estimate of drug-likeness (QED) is 0.257. The lowest BCUT2D eigenvalue weighted by molar-refractivity contribution is -0.122. The smallest absolute Gasteiger partial charge is 0.335 e. The Balaban J connectivity index is 1.45. The van der Waals surface area contributed by atoms with Crippen molar-refractivity contribution in [2.45, 2.75) is 19.9 Å². The van der Waals surface area contributed by atoms with Crippen LogP contribution in [0.2, 0.25) is 5.02 Å². The molecular formula is C29H24ClN3O4. The number of para-hydroxylation sites is 2. The Morgan fingerprint density at radius 1 is 0.946 bits per heavy atom. The highest BCUT2D eigenvalue weighted by Crippen LogP contribution is 2.28. The summed E-state index contributed by atoms with van der Waals surface area (Å²) in [6.07, 6.45) is 4.23. The Bertz CT molecular complexity index is 1540. The maximum Gasteiger partial charge on any atom is 0.335 e.